The monoisotopic (exact) mass is 426 g/mol. The fourth-order valence-corrected chi connectivity index (χ4v) is 3.65. The van der Waals surface area contributed by atoms with E-state index in [1.165, 1.54) is 29.2 Å². The van der Waals surface area contributed by atoms with Crippen LogP contribution in [0, 0.1) is 0 Å². The fourth-order valence-electron chi connectivity index (χ4n) is 3.38. The van der Waals surface area contributed by atoms with Crippen molar-refractivity contribution in [1.29, 1.82) is 0 Å². The Bertz CT molecular complexity index is 1040. The van der Waals surface area contributed by atoms with E-state index in [0.717, 1.165) is 6.42 Å². The van der Waals surface area contributed by atoms with Gasteiger partial charge in [0, 0.05) is 25.2 Å². The second-order valence-electron chi connectivity index (χ2n) is 6.47. The van der Waals surface area contributed by atoms with Crippen LogP contribution in [0.1, 0.15) is 46.9 Å². The average Bonchev–Trinajstić information content (AvgIpc) is 3.17. The van der Waals surface area contributed by atoms with Crippen LogP contribution in [0.25, 0.3) is 5.78 Å². The molecular weight excluding hydrogens is 413 g/mol. The standard InChI is InChI=1S/C17H14Cl2F2N6O/c18-11-4-10(6-22-14(11)19)16(28)26-3-1-2-9(7-26)13-5-12(15(20)21)25-17-23-8-24-27(13)17/h4-6,8-9,15H,1-3,7H2. The summed E-state index contributed by atoms with van der Waals surface area (Å²) in [5, 5.41) is 4.42. The van der Waals surface area contributed by atoms with Crippen LogP contribution in [0.5, 0.6) is 0 Å². The molecule has 0 bridgehead atoms. The van der Waals surface area contributed by atoms with Crippen LogP contribution in [0.3, 0.4) is 0 Å². The quantitative estimate of drug-likeness (QED) is 0.595. The van der Waals surface area contributed by atoms with E-state index in [1.807, 2.05) is 0 Å². The molecule has 0 spiro atoms. The van der Waals surface area contributed by atoms with E-state index in [0.29, 0.717) is 30.8 Å². The molecule has 1 fully saturated rings. The van der Waals surface area contributed by atoms with Gasteiger partial charge in [-0.3, -0.25) is 4.79 Å². The molecule has 0 N–H and O–H groups in total. The molecule has 0 radical (unpaired) electrons. The van der Waals surface area contributed by atoms with Crippen molar-refractivity contribution in [3.63, 3.8) is 0 Å². The van der Waals surface area contributed by atoms with Gasteiger partial charge in [-0.05, 0) is 25.0 Å². The first-order valence-electron chi connectivity index (χ1n) is 8.53. The number of halogens is 4. The van der Waals surface area contributed by atoms with Crippen molar-refractivity contribution in [2.24, 2.45) is 0 Å². The van der Waals surface area contributed by atoms with Gasteiger partial charge in [0.1, 0.15) is 17.2 Å². The number of amides is 1. The van der Waals surface area contributed by atoms with Crippen LogP contribution in [-0.2, 0) is 0 Å². The minimum absolute atomic E-state index is 0.116. The van der Waals surface area contributed by atoms with Crippen molar-refractivity contribution in [2.75, 3.05) is 13.1 Å². The number of likely N-dealkylation sites (tertiary alicyclic amines) is 1. The Balaban J connectivity index is 1.64. The maximum absolute atomic E-state index is 13.2. The molecule has 3 aromatic heterocycles. The molecule has 0 aromatic carbocycles. The number of fused-ring (bicyclic) bond motifs is 1. The molecule has 0 aliphatic carbocycles. The molecule has 3 aromatic rings. The summed E-state index contributed by atoms with van der Waals surface area (Å²) in [6, 6.07) is 2.81. The Kier molecular flexibility index (Phi) is 5.11. The molecule has 0 saturated carbocycles. The zero-order valence-corrected chi connectivity index (χ0v) is 15.9. The van der Waals surface area contributed by atoms with Gasteiger partial charge in [0.05, 0.1) is 16.3 Å². The zero-order valence-electron chi connectivity index (χ0n) is 14.4. The lowest BCUT2D eigenvalue weighted by Gasteiger charge is -2.33. The number of carbonyl (C=O) groups excluding carboxylic acids is 1. The van der Waals surface area contributed by atoms with Gasteiger partial charge < -0.3 is 4.90 Å². The van der Waals surface area contributed by atoms with Crippen molar-refractivity contribution in [2.45, 2.75) is 25.2 Å². The van der Waals surface area contributed by atoms with Crippen molar-refractivity contribution in [3.05, 3.63) is 51.8 Å². The van der Waals surface area contributed by atoms with Gasteiger partial charge in [0.2, 0.25) is 0 Å². The molecule has 4 rings (SSSR count). The highest BCUT2D eigenvalue weighted by Gasteiger charge is 2.29. The molecule has 11 heteroatoms. The number of piperidine rings is 1. The van der Waals surface area contributed by atoms with Gasteiger partial charge in [0.15, 0.2) is 0 Å². The Hall–Kier alpha value is -2.39. The first-order valence-corrected chi connectivity index (χ1v) is 9.28. The lowest BCUT2D eigenvalue weighted by molar-refractivity contribution is 0.0704. The minimum atomic E-state index is -2.72. The van der Waals surface area contributed by atoms with E-state index < -0.39 is 6.43 Å². The lowest BCUT2D eigenvalue weighted by atomic mass is 9.93. The summed E-state index contributed by atoms with van der Waals surface area (Å²) in [7, 11) is 0. The number of rotatable bonds is 3. The van der Waals surface area contributed by atoms with E-state index in [-0.39, 0.29) is 33.5 Å². The van der Waals surface area contributed by atoms with Crippen LogP contribution in [-0.4, -0.2) is 48.5 Å². The maximum atomic E-state index is 13.2. The van der Waals surface area contributed by atoms with Gasteiger partial charge in [-0.15, -0.1) is 0 Å². The van der Waals surface area contributed by atoms with E-state index in [9.17, 15) is 13.6 Å². The van der Waals surface area contributed by atoms with E-state index in [2.05, 4.69) is 20.1 Å². The number of nitrogens with zero attached hydrogens (tertiary/aromatic N) is 6. The maximum Gasteiger partial charge on any atom is 0.280 e. The smallest absolute Gasteiger partial charge is 0.280 e. The molecule has 1 aliphatic rings. The fraction of sp³-hybridized carbons (Fsp3) is 0.353. The number of pyridine rings is 1. The van der Waals surface area contributed by atoms with Crippen molar-refractivity contribution >= 4 is 34.9 Å². The van der Waals surface area contributed by atoms with Crippen molar-refractivity contribution in [3.8, 4) is 0 Å². The molecule has 1 amide bonds. The number of hydrogen-bond acceptors (Lipinski definition) is 5. The van der Waals surface area contributed by atoms with Crippen LogP contribution in [0.4, 0.5) is 8.78 Å². The number of hydrogen-bond donors (Lipinski definition) is 0. The molecule has 146 valence electrons. The largest absolute Gasteiger partial charge is 0.338 e. The summed E-state index contributed by atoms with van der Waals surface area (Å²) < 4.78 is 27.9. The second kappa shape index (κ2) is 7.56. The Morgan fingerprint density at radius 2 is 2.07 bits per heavy atom. The van der Waals surface area contributed by atoms with Crippen LogP contribution >= 0.6 is 23.2 Å². The highest BCUT2D eigenvalue weighted by molar-refractivity contribution is 6.41. The normalized spacial score (nSPS) is 17.5. The molecule has 1 unspecified atom stereocenters. The number of carbonyl (C=O) groups is 1. The lowest BCUT2D eigenvalue weighted by Crippen LogP contribution is -2.39. The third-order valence-electron chi connectivity index (χ3n) is 4.69. The molecule has 28 heavy (non-hydrogen) atoms. The molecule has 1 atom stereocenters. The summed E-state index contributed by atoms with van der Waals surface area (Å²) in [5.41, 5.74) is 0.527. The third-order valence-corrected chi connectivity index (χ3v) is 5.38. The third kappa shape index (κ3) is 3.51. The van der Waals surface area contributed by atoms with E-state index >= 15 is 0 Å². The summed E-state index contributed by atoms with van der Waals surface area (Å²) in [4.78, 5) is 26.2. The Morgan fingerprint density at radius 1 is 1.25 bits per heavy atom. The number of aromatic nitrogens is 5. The van der Waals surface area contributed by atoms with Crippen LogP contribution in [0.15, 0.2) is 24.7 Å². The highest BCUT2D eigenvalue weighted by atomic mass is 35.5. The van der Waals surface area contributed by atoms with Gasteiger partial charge >= 0.3 is 0 Å². The summed E-state index contributed by atoms with van der Waals surface area (Å²) in [6.45, 7) is 0.892. The Labute approximate surface area is 168 Å². The molecular formula is C17H14Cl2F2N6O. The molecule has 4 heterocycles. The highest BCUT2D eigenvalue weighted by Crippen LogP contribution is 2.30. The van der Waals surface area contributed by atoms with Gasteiger partial charge in [-0.2, -0.15) is 10.1 Å². The first-order chi connectivity index (χ1) is 13.4. The van der Waals surface area contributed by atoms with Crippen LogP contribution < -0.4 is 0 Å². The summed E-state index contributed by atoms with van der Waals surface area (Å²) in [6.07, 6.45) is 1.37. The summed E-state index contributed by atoms with van der Waals surface area (Å²) >= 11 is 11.8. The average molecular weight is 427 g/mol. The predicted octanol–water partition coefficient (Wildman–Crippen LogP) is 3.78. The molecule has 1 saturated heterocycles. The first kappa shape index (κ1) is 18.9. The number of alkyl halides is 2. The summed E-state index contributed by atoms with van der Waals surface area (Å²) in [5.74, 6) is -0.309. The SMILES string of the molecule is O=C(c1cnc(Cl)c(Cl)c1)N1CCCC(c2cc(C(F)F)nc3ncnn23)C1. The molecule has 1 aliphatic heterocycles. The van der Waals surface area contributed by atoms with Crippen molar-refractivity contribution in [1.82, 2.24) is 29.5 Å². The zero-order chi connectivity index (χ0) is 19.8. The second-order valence-corrected chi connectivity index (χ2v) is 7.23. The van der Waals surface area contributed by atoms with Crippen LogP contribution in [0.2, 0.25) is 10.2 Å². The van der Waals surface area contributed by atoms with Gasteiger partial charge in [-0.25, -0.2) is 23.3 Å². The Morgan fingerprint density at radius 3 is 2.82 bits per heavy atom. The van der Waals surface area contributed by atoms with Gasteiger partial charge in [0.25, 0.3) is 18.1 Å². The van der Waals surface area contributed by atoms with E-state index in [4.69, 9.17) is 23.2 Å². The predicted molar refractivity (Wildman–Crippen MR) is 97.9 cm³/mol. The van der Waals surface area contributed by atoms with Crippen molar-refractivity contribution < 1.29 is 13.6 Å². The minimum Gasteiger partial charge on any atom is -0.338 e. The van der Waals surface area contributed by atoms with E-state index in [1.54, 1.807) is 4.90 Å². The topological polar surface area (TPSA) is 76.3 Å². The molecule has 7 nitrogen and oxygen atoms in total. The van der Waals surface area contributed by atoms with Gasteiger partial charge in [-0.1, -0.05) is 23.2 Å².